The summed E-state index contributed by atoms with van der Waals surface area (Å²) in [6, 6.07) is 36.2. The Kier molecular flexibility index (Phi) is 12.2. The molecule has 6 aromatic rings. The lowest BCUT2D eigenvalue weighted by Crippen LogP contribution is -2.02. The Morgan fingerprint density at radius 1 is 0.404 bits per heavy atom. The minimum Gasteiger partial charge on any atom is -0.497 e. The van der Waals surface area contributed by atoms with E-state index in [2.05, 4.69) is 36.4 Å². The van der Waals surface area contributed by atoms with Crippen molar-refractivity contribution in [1.82, 2.24) is 0 Å². The summed E-state index contributed by atoms with van der Waals surface area (Å²) in [7, 11) is 9.82. The number of methoxy groups -OCH3 is 6. The third-order valence-electron chi connectivity index (χ3n) is 10.1. The molecule has 9 heteroatoms. The number of ether oxygens (including phenoxy) is 9. The number of fused-ring (bicyclic) bond motifs is 8. The van der Waals surface area contributed by atoms with Crippen LogP contribution in [0.2, 0.25) is 0 Å². The van der Waals surface area contributed by atoms with E-state index < -0.39 is 0 Å². The second-order valence-corrected chi connectivity index (χ2v) is 13.7. The van der Waals surface area contributed by atoms with Crippen molar-refractivity contribution in [3.63, 3.8) is 0 Å². The van der Waals surface area contributed by atoms with Crippen molar-refractivity contribution in [3.8, 4) is 69.0 Å². The summed E-state index contributed by atoms with van der Waals surface area (Å²) in [5.41, 5.74) is 6.44. The van der Waals surface area contributed by atoms with Gasteiger partial charge >= 0.3 is 0 Å². The summed E-state index contributed by atoms with van der Waals surface area (Å²) < 4.78 is 54.6. The fourth-order valence-corrected chi connectivity index (χ4v) is 7.07. The predicted molar refractivity (Wildman–Crippen MR) is 220 cm³/mol. The SMILES string of the molecule is COc1cccc(CCc2ccc(OC)c(Oc3cc4cc(c3OC)Oc3cc(ccc3OC)CCc3cccc(c3)Oc3cc(cc(OC)c3OC)CC4)c2)c1. The minimum absolute atomic E-state index is 0.433. The molecule has 0 N–H and O–H groups in total. The molecule has 8 bridgehead atoms. The van der Waals surface area contributed by atoms with Crippen LogP contribution in [0.25, 0.3) is 0 Å². The first-order chi connectivity index (χ1) is 27.9. The molecule has 0 radical (unpaired) electrons. The highest BCUT2D eigenvalue weighted by molar-refractivity contribution is 5.60. The van der Waals surface area contributed by atoms with Crippen LogP contribution in [0.15, 0.2) is 109 Å². The Morgan fingerprint density at radius 2 is 1.00 bits per heavy atom. The molecule has 0 spiro atoms. The van der Waals surface area contributed by atoms with Gasteiger partial charge in [-0.15, -0.1) is 0 Å². The molecule has 1 aliphatic heterocycles. The van der Waals surface area contributed by atoms with Gasteiger partial charge in [0.25, 0.3) is 0 Å². The van der Waals surface area contributed by atoms with Gasteiger partial charge in [0, 0.05) is 0 Å². The van der Waals surface area contributed by atoms with Gasteiger partial charge in [-0.3, -0.25) is 0 Å². The maximum absolute atomic E-state index is 6.75. The summed E-state index contributed by atoms with van der Waals surface area (Å²) in [5, 5.41) is 0. The monoisotopic (exact) mass is 768 g/mol. The molecule has 0 fully saturated rings. The molecule has 0 amide bonds. The molecule has 1 heterocycles. The van der Waals surface area contributed by atoms with Gasteiger partial charge in [0.1, 0.15) is 11.5 Å². The Bertz CT molecular complexity index is 2330. The van der Waals surface area contributed by atoms with E-state index in [0.717, 1.165) is 59.3 Å². The standard InChI is InChI=1S/C48H48O9/c1-49-37-11-7-9-31(23-37)13-15-33-19-21-39(50-2)41(25-33)56-45-29-36-18-17-35-27-43(52-4)47(53-5)44(28-35)55-38-12-8-10-32(24-38)14-16-34-20-22-40(51-3)42(26-34)57-46(30-36)48(45)54-6/h7-12,19-30H,13-18H2,1-6H3. The van der Waals surface area contributed by atoms with Crippen molar-refractivity contribution in [3.05, 3.63) is 143 Å². The fraction of sp³-hybridized carbons (Fsp3) is 0.250. The second-order valence-electron chi connectivity index (χ2n) is 13.7. The normalized spacial score (nSPS) is 12.2. The van der Waals surface area contributed by atoms with Crippen LogP contribution < -0.4 is 42.6 Å². The van der Waals surface area contributed by atoms with E-state index in [1.54, 1.807) is 42.7 Å². The summed E-state index contributed by atoms with van der Waals surface area (Å²) in [4.78, 5) is 0. The van der Waals surface area contributed by atoms with Crippen LogP contribution in [0.3, 0.4) is 0 Å². The maximum Gasteiger partial charge on any atom is 0.204 e. The average molecular weight is 769 g/mol. The van der Waals surface area contributed by atoms with Gasteiger partial charge in [-0.1, -0.05) is 36.4 Å². The predicted octanol–water partition coefficient (Wildman–Crippen LogP) is 10.8. The highest BCUT2D eigenvalue weighted by Gasteiger charge is 2.21. The highest BCUT2D eigenvalue weighted by atomic mass is 16.6. The summed E-state index contributed by atoms with van der Waals surface area (Å²) in [6.45, 7) is 0. The third-order valence-corrected chi connectivity index (χ3v) is 10.1. The van der Waals surface area contributed by atoms with Crippen molar-refractivity contribution >= 4 is 0 Å². The lowest BCUT2D eigenvalue weighted by Gasteiger charge is -2.20. The molecule has 7 rings (SSSR count). The molecule has 294 valence electrons. The first-order valence-electron chi connectivity index (χ1n) is 18.9. The molecule has 0 saturated carbocycles. The Hall–Kier alpha value is -6.48. The summed E-state index contributed by atoms with van der Waals surface area (Å²) >= 11 is 0. The minimum atomic E-state index is 0.433. The molecule has 9 nitrogen and oxygen atoms in total. The Labute approximate surface area is 334 Å². The van der Waals surface area contributed by atoms with E-state index in [0.29, 0.717) is 76.1 Å². The van der Waals surface area contributed by atoms with Crippen molar-refractivity contribution in [2.45, 2.75) is 38.5 Å². The Balaban J connectivity index is 1.29. The summed E-state index contributed by atoms with van der Waals surface area (Å²) in [6.07, 6.45) is 4.42. The molecule has 0 aromatic heterocycles. The fourth-order valence-electron chi connectivity index (χ4n) is 7.07. The molecular formula is C48H48O9. The van der Waals surface area contributed by atoms with Crippen LogP contribution >= 0.6 is 0 Å². The quantitative estimate of drug-likeness (QED) is 0.128. The molecular weight excluding hydrogens is 721 g/mol. The van der Waals surface area contributed by atoms with E-state index in [1.165, 1.54) is 5.56 Å². The number of aryl methyl sites for hydroxylation is 6. The molecule has 0 atom stereocenters. The van der Waals surface area contributed by atoms with E-state index in [4.69, 9.17) is 42.6 Å². The average Bonchev–Trinajstić information content (AvgIpc) is 3.24. The van der Waals surface area contributed by atoms with Gasteiger partial charge in [0.15, 0.2) is 46.0 Å². The van der Waals surface area contributed by atoms with Gasteiger partial charge in [-0.05, 0) is 145 Å². The smallest absolute Gasteiger partial charge is 0.204 e. The van der Waals surface area contributed by atoms with Gasteiger partial charge in [0.05, 0.1) is 42.7 Å². The topological polar surface area (TPSA) is 83.1 Å². The molecule has 0 saturated heterocycles. The zero-order valence-corrected chi connectivity index (χ0v) is 33.3. The molecule has 6 aromatic carbocycles. The summed E-state index contributed by atoms with van der Waals surface area (Å²) in [5.74, 6) is 6.95. The van der Waals surface area contributed by atoms with Gasteiger partial charge in [-0.2, -0.15) is 0 Å². The lowest BCUT2D eigenvalue weighted by atomic mass is 10.0. The molecule has 0 unspecified atom stereocenters. The highest BCUT2D eigenvalue weighted by Crippen LogP contribution is 2.47. The largest absolute Gasteiger partial charge is 0.497 e. The van der Waals surface area contributed by atoms with E-state index in [-0.39, 0.29) is 0 Å². The number of rotatable bonds is 11. The van der Waals surface area contributed by atoms with Crippen molar-refractivity contribution in [1.29, 1.82) is 0 Å². The van der Waals surface area contributed by atoms with E-state index in [1.807, 2.05) is 72.8 Å². The first-order valence-corrected chi connectivity index (χ1v) is 18.9. The zero-order valence-electron chi connectivity index (χ0n) is 33.3. The van der Waals surface area contributed by atoms with Crippen LogP contribution in [-0.2, 0) is 38.5 Å². The first kappa shape index (κ1) is 38.8. The Morgan fingerprint density at radius 3 is 1.70 bits per heavy atom. The van der Waals surface area contributed by atoms with Crippen LogP contribution in [0.1, 0.15) is 33.4 Å². The van der Waals surface area contributed by atoms with E-state index >= 15 is 0 Å². The van der Waals surface area contributed by atoms with Crippen molar-refractivity contribution < 1.29 is 42.6 Å². The number of hydrogen-bond acceptors (Lipinski definition) is 9. The number of benzene rings is 6. The molecule has 57 heavy (non-hydrogen) atoms. The van der Waals surface area contributed by atoms with E-state index in [9.17, 15) is 0 Å². The van der Waals surface area contributed by atoms with Crippen LogP contribution in [-0.4, -0.2) is 42.7 Å². The van der Waals surface area contributed by atoms with Crippen LogP contribution in [0, 0.1) is 0 Å². The van der Waals surface area contributed by atoms with Crippen LogP contribution in [0.5, 0.6) is 69.0 Å². The molecule has 0 aliphatic carbocycles. The molecule has 1 aliphatic rings. The van der Waals surface area contributed by atoms with Crippen molar-refractivity contribution in [2.24, 2.45) is 0 Å². The van der Waals surface area contributed by atoms with Gasteiger partial charge in [-0.25, -0.2) is 0 Å². The zero-order chi connectivity index (χ0) is 39.7. The van der Waals surface area contributed by atoms with Crippen LogP contribution in [0.4, 0.5) is 0 Å². The van der Waals surface area contributed by atoms with Crippen molar-refractivity contribution in [2.75, 3.05) is 42.7 Å². The number of hydrogen-bond donors (Lipinski definition) is 0. The van der Waals surface area contributed by atoms with Gasteiger partial charge < -0.3 is 42.6 Å². The third kappa shape index (κ3) is 9.15. The van der Waals surface area contributed by atoms with Gasteiger partial charge in [0.2, 0.25) is 11.5 Å². The maximum atomic E-state index is 6.75. The second kappa shape index (κ2) is 18.0. The lowest BCUT2D eigenvalue weighted by molar-refractivity contribution is 0.334.